The van der Waals surface area contributed by atoms with Gasteiger partial charge in [-0.05, 0) is 11.0 Å². The number of aromatic nitrogens is 3. The Hall–Kier alpha value is -2.59. The first-order valence-electron chi connectivity index (χ1n) is 9.16. The van der Waals surface area contributed by atoms with Crippen LogP contribution >= 0.6 is 11.8 Å². The average Bonchev–Trinajstić information content (AvgIpc) is 3.06. The van der Waals surface area contributed by atoms with Crippen LogP contribution in [0.15, 0.2) is 42.1 Å². The van der Waals surface area contributed by atoms with Crippen LogP contribution in [0.5, 0.6) is 0 Å². The molecule has 28 heavy (non-hydrogen) atoms. The van der Waals surface area contributed by atoms with Gasteiger partial charge in [-0.1, -0.05) is 62.9 Å². The van der Waals surface area contributed by atoms with Crippen LogP contribution in [0.2, 0.25) is 0 Å². The van der Waals surface area contributed by atoms with Crippen LogP contribution in [0.3, 0.4) is 0 Å². The third-order valence-electron chi connectivity index (χ3n) is 4.35. The van der Waals surface area contributed by atoms with Crippen LogP contribution < -0.4 is 0 Å². The zero-order valence-electron chi connectivity index (χ0n) is 17.0. The number of rotatable bonds is 8. The SMILES string of the molecule is C=CCn1c(SCC(=O)N(C)CCC#N)nnc1-c1ccc(C(C)(C)C)cc1. The summed E-state index contributed by atoms with van der Waals surface area (Å²) in [5.41, 5.74) is 2.32. The fraction of sp³-hybridized carbons (Fsp3) is 0.429. The summed E-state index contributed by atoms with van der Waals surface area (Å²) in [5, 5.41) is 18.0. The first-order valence-corrected chi connectivity index (χ1v) is 10.1. The lowest BCUT2D eigenvalue weighted by molar-refractivity contribution is -0.127. The minimum absolute atomic E-state index is 0.0375. The number of nitrogens with zero attached hydrogens (tertiary/aromatic N) is 5. The van der Waals surface area contributed by atoms with Crippen LogP contribution in [-0.2, 0) is 16.8 Å². The van der Waals surface area contributed by atoms with Crippen molar-refractivity contribution in [2.24, 2.45) is 0 Å². The standard InChI is InChI=1S/C21H27N5OS/c1-6-13-26-19(16-8-10-17(11-9-16)21(2,3)4)23-24-20(26)28-15-18(27)25(5)14-7-12-22/h6,8-11H,1,7,13-15H2,2-5H3. The topological polar surface area (TPSA) is 74.8 Å². The van der Waals surface area contributed by atoms with Gasteiger partial charge in [0.15, 0.2) is 11.0 Å². The van der Waals surface area contributed by atoms with Gasteiger partial charge in [-0.15, -0.1) is 16.8 Å². The van der Waals surface area contributed by atoms with Crippen LogP contribution in [0.1, 0.15) is 32.8 Å². The number of carbonyl (C=O) groups excluding carboxylic acids is 1. The lowest BCUT2D eigenvalue weighted by atomic mass is 9.87. The Bertz CT molecular complexity index is 858. The van der Waals surface area contributed by atoms with Gasteiger partial charge in [-0.3, -0.25) is 9.36 Å². The van der Waals surface area contributed by atoms with E-state index in [1.807, 2.05) is 10.6 Å². The van der Waals surface area contributed by atoms with Crippen molar-refractivity contribution in [2.75, 3.05) is 19.3 Å². The van der Waals surface area contributed by atoms with Gasteiger partial charge >= 0.3 is 0 Å². The van der Waals surface area contributed by atoms with Crippen molar-refractivity contribution in [1.82, 2.24) is 19.7 Å². The summed E-state index contributed by atoms with van der Waals surface area (Å²) in [7, 11) is 1.71. The number of allylic oxidation sites excluding steroid dienone is 1. The third kappa shape index (κ3) is 5.46. The molecular weight excluding hydrogens is 370 g/mol. The molecule has 0 spiro atoms. The van der Waals surface area contributed by atoms with Crippen LogP contribution in [0.4, 0.5) is 0 Å². The summed E-state index contributed by atoms with van der Waals surface area (Å²) in [6.45, 7) is 11.4. The van der Waals surface area contributed by atoms with Crippen molar-refractivity contribution >= 4 is 17.7 Å². The summed E-state index contributed by atoms with van der Waals surface area (Å²) in [4.78, 5) is 13.8. The fourth-order valence-corrected chi connectivity index (χ4v) is 3.49. The highest BCUT2D eigenvalue weighted by Gasteiger charge is 2.18. The zero-order chi connectivity index (χ0) is 20.7. The molecule has 0 radical (unpaired) electrons. The van der Waals surface area contributed by atoms with Gasteiger partial charge < -0.3 is 4.90 Å². The second-order valence-electron chi connectivity index (χ2n) is 7.54. The molecule has 0 unspecified atom stereocenters. The van der Waals surface area contributed by atoms with E-state index in [9.17, 15) is 4.79 Å². The highest BCUT2D eigenvalue weighted by atomic mass is 32.2. The molecule has 2 rings (SSSR count). The maximum absolute atomic E-state index is 12.2. The van der Waals surface area contributed by atoms with E-state index in [1.54, 1.807) is 18.0 Å². The zero-order valence-corrected chi connectivity index (χ0v) is 17.8. The molecule has 1 heterocycles. The van der Waals surface area contributed by atoms with Gasteiger partial charge in [0, 0.05) is 25.7 Å². The lowest BCUT2D eigenvalue weighted by Crippen LogP contribution is -2.29. The molecule has 148 valence electrons. The monoisotopic (exact) mass is 397 g/mol. The Kier molecular flexibility index (Phi) is 7.41. The summed E-state index contributed by atoms with van der Waals surface area (Å²) >= 11 is 1.35. The van der Waals surface area contributed by atoms with Crippen molar-refractivity contribution in [2.45, 2.75) is 44.3 Å². The second kappa shape index (κ2) is 9.56. The Morgan fingerprint density at radius 3 is 2.57 bits per heavy atom. The molecule has 1 aromatic heterocycles. The van der Waals surface area contributed by atoms with Crippen molar-refractivity contribution in [3.8, 4) is 17.5 Å². The quantitative estimate of drug-likeness (QED) is 0.499. The smallest absolute Gasteiger partial charge is 0.232 e. The molecule has 0 saturated heterocycles. The summed E-state index contributed by atoms with van der Waals surface area (Å²) in [6.07, 6.45) is 2.12. The molecule has 0 aliphatic heterocycles. The van der Waals surface area contributed by atoms with Gasteiger partial charge in [0.1, 0.15) is 0 Å². The molecule has 0 fully saturated rings. The molecular formula is C21H27N5OS. The minimum atomic E-state index is -0.0375. The van der Waals surface area contributed by atoms with Crippen LogP contribution in [-0.4, -0.2) is 44.9 Å². The van der Waals surface area contributed by atoms with E-state index in [1.165, 1.54) is 17.3 Å². The number of amides is 1. The average molecular weight is 398 g/mol. The Balaban J connectivity index is 2.18. The van der Waals surface area contributed by atoms with E-state index >= 15 is 0 Å². The largest absolute Gasteiger partial charge is 0.344 e. The van der Waals surface area contributed by atoms with Crippen molar-refractivity contribution in [3.63, 3.8) is 0 Å². The van der Waals surface area contributed by atoms with Crippen LogP contribution in [0.25, 0.3) is 11.4 Å². The molecule has 0 aliphatic rings. The predicted molar refractivity (Wildman–Crippen MR) is 113 cm³/mol. The van der Waals surface area contributed by atoms with Crippen molar-refractivity contribution in [1.29, 1.82) is 5.26 Å². The number of hydrogen-bond donors (Lipinski definition) is 0. The maximum atomic E-state index is 12.2. The minimum Gasteiger partial charge on any atom is -0.344 e. The highest BCUT2D eigenvalue weighted by molar-refractivity contribution is 7.99. The highest BCUT2D eigenvalue weighted by Crippen LogP contribution is 2.27. The summed E-state index contributed by atoms with van der Waals surface area (Å²) < 4.78 is 1.96. The Morgan fingerprint density at radius 2 is 2.00 bits per heavy atom. The molecule has 1 amide bonds. The van der Waals surface area contributed by atoms with Gasteiger partial charge in [-0.2, -0.15) is 5.26 Å². The van der Waals surface area contributed by atoms with Gasteiger partial charge in [-0.25, -0.2) is 0 Å². The van der Waals surface area contributed by atoms with E-state index in [2.05, 4.69) is 61.8 Å². The number of benzene rings is 1. The van der Waals surface area contributed by atoms with E-state index in [0.717, 1.165) is 11.4 Å². The molecule has 0 aliphatic carbocycles. The van der Waals surface area contributed by atoms with E-state index < -0.39 is 0 Å². The summed E-state index contributed by atoms with van der Waals surface area (Å²) in [6, 6.07) is 10.4. The van der Waals surface area contributed by atoms with Gasteiger partial charge in [0.05, 0.1) is 18.2 Å². The Labute approximate surface area is 171 Å². The molecule has 0 atom stereocenters. The lowest BCUT2D eigenvalue weighted by Gasteiger charge is -2.19. The van der Waals surface area contributed by atoms with E-state index in [-0.39, 0.29) is 17.1 Å². The number of carbonyl (C=O) groups is 1. The molecule has 0 saturated carbocycles. The maximum Gasteiger partial charge on any atom is 0.232 e. The van der Waals surface area contributed by atoms with Gasteiger partial charge in [0.25, 0.3) is 0 Å². The van der Waals surface area contributed by atoms with Crippen LogP contribution in [0, 0.1) is 11.3 Å². The number of hydrogen-bond acceptors (Lipinski definition) is 5. The predicted octanol–water partition coefficient (Wildman–Crippen LogP) is 3.89. The normalized spacial score (nSPS) is 11.1. The molecule has 2 aromatic rings. The van der Waals surface area contributed by atoms with E-state index in [0.29, 0.717) is 24.7 Å². The fourth-order valence-electron chi connectivity index (χ4n) is 2.60. The molecule has 7 heteroatoms. The molecule has 6 nitrogen and oxygen atoms in total. The second-order valence-corrected chi connectivity index (χ2v) is 8.49. The number of thioether (sulfide) groups is 1. The summed E-state index contributed by atoms with van der Waals surface area (Å²) in [5.74, 6) is 0.970. The first kappa shape index (κ1) is 21.7. The molecule has 0 bridgehead atoms. The third-order valence-corrected chi connectivity index (χ3v) is 5.30. The molecule has 1 aromatic carbocycles. The van der Waals surface area contributed by atoms with Crippen molar-refractivity contribution < 1.29 is 4.79 Å². The van der Waals surface area contributed by atoms with Gasteiger partial charge in [0.2, 0.25) is 5.91 Å². The first-order chi connectivity index (χ1) is 13.3. The van der Waals surface area contributed by atoms with E-state index in [4.69, 9.17) is 5.26 Å². The Morgan fingerprint density at radius 1 is 1.32 bits per heavy atom. The molecule has 0 N–H and O–H groups in total. The van der Waals surface area contributed by atoms with Crippen molar-refractivity contribution in [3.05, 3.63) is 42.5 Å². The number of nitriles is 1.